The van der Waals surface area contributed by atoms with Crippen molar-refractivity contribution in [3.8, 4) is 0 Å². The Balaban J connectivity index is 2.14. The number of aryl methyl sites for hydroxylation is 1. The first-order chi connectivity index (χ1) is 8.26. The van der Waals surface area contributed by atoms with Crippen molar-refractivity contribution in [2.75, 3.05) is 19.7 Å². The van der Waals surface area contributed by atoms with Gasteiger partial charge in [0, 0.05) is 37.5 Å². The summed E-state index contributed by atoms with van der Waals surface area (Å²) < 4.78 is 1.95. The zero-order valence-electron chi connectivity index (χ0n) is 11.0. The molecule has 0 amide bonds. The quantitative estimate of drug-likeness (QED) is 0.644. The summed E-state index contributed by atoms with van der Waals surface area (Å²) in [6.45, 7) is 7.38. The first-order valence-corrected chi connectivity index (χ1v) is 6.55. The minimum Gasteiger partial charge on any atom is -0.396 e. The molecule has 0 saturated heterocycles. The van der Waals surface area contributed by atoms with E-state index in [-0.39, 0.29) is 12.0 Å². The topological polar surface area (TPSA) is 50.1 Å². The molecule has 1 aromatic rings. The van der Waals surface area contributed by atoms with E-state index in [2.05, 4.69) is 24.3 Å². The minimum absolute atomic E-state index is 0.0612. The van der Waals surface area contributed by atoms with Crippen LogP contribution in [-0.2, 0) is 6.54 Å². The molecule has 0 aliphatic rings. The van der Waals surface area contributed by atoms with Crippen LogP contribution in [0, 0.1) is 5.41 Å². The Bertz CT molecular complexity index is 273. The van der Waals surface area contributed by atoms with E-state index in [0.29, 0.717) is 0 Å². The Kier molecular flexibility index (Phi) is 6.22. The molecule has 0 radical (unpaired) electrons. The maximum Gasteiger partial charge on any atom is 0.0499 e. The number of rotatable bonds is 9. The van der Waals surface area contributed by atoms with Crippen LogP contribution in [0.25, 0.3) is 0 Å². The van der Waals surface area contributed by atoms with E-state index in [1.807, 2.05) is 16.9 Å². The minimum atomic E-state index is 0.0612. The molecule has 1 heterocycles. The van der Waals surface area contributed by atoms with Gasteiger partial charge in [-0.1, -0.05) is 13.8 Å². The summed E-state index contributed by atoms with van der Waals surface area (Å²) in [5.74, 6) is 0. The second-order valence-corrected chi connectivity index (χ2v) is 4.66. The van der Waals surface area contributed by atoms with Crippen LogP contribution in [0.15, 0.2) is 18.5 Å². The fourth-order valence-corrected chi connectivity index (χ4v) is 1.93. The van der Waals surface area contributed by atoms with Crippen molar-refractivity contribution < 1.29 is 5.11 Å². The predicted molar refractivity (Wildman–Crippen MR) is 69.8 cm³/mol. The van der Waals surface area contributed by atoms with Crippen LogP contribution in [0.5, 0.6) is 0 Å². The van der Waals surface area contributed by atoms with Crippen molar-refractivity contribution >= 4 is 0 Å². The van der Waals surface area contributed by atoms with E-state index in [4.69, 9.17) is 0 Å². The van der Waals surface area contributed by atoms with Gasteiger partial charge < -0.3 is 10.4 Å². The Hall–Kier alpha value is -0.870. The van der Waals surface area contributed by atoms with Crippen LogP contribution in [0.4, 0.5) is 0 Å². The van der Waals surface area contributed by atoms with E-state index < -0.39 is 0 Å². The second-order valence-electron chi connectivity index (χ2n) is 4.66. The Morgan fingerprint density at radius 3 is 2.65 bits per heavy atom. The summed E-state index contributed by atoms with van der Waals surface area (Å²) in [4.78, 5) is 0. The molecule has 98 valence electrons. The lowest BCUT2D eigenvalue weighted by atomic mass is 9.83. The SMILES string of the molecule is CCC(CC)(CO)CNCCCn1cccn1. The Labute approximate surface area is 104 Å². The van der Waals surface area contributed by atoms with Crippen LogP contribution < -0.4 is 5.32 Å². The molecule has 0 bridgehead atoms. The molecule has 0 aliphatic heterocycles. The third-order valence-corrected chi connectivity index (χ3v) is 3.64. The number of aliphatic hydroxyl groups excluding tert-OH is 1. The van der Waals surface area contributed by atoms with Crippen molar-refractivity contribution in [3.63, 3.8) is 0 Å². The monoisotopic (exact) mass is 239 g/mol. The van der Waals surface area contributed by atoms with Crippen molar-refractivity contribution in [3.05, 3.63) is 18.5 Å². The van der Waals surface area contributed by atoms with Crippen LogP contribution >= 0.6 is 0 Å². The average molecular weight is 239 g/mol. The van der Waals surface area contributed by atoms with Crippen molar-refractivity contribution in [2.45, 2.75) is 39.7 Å². The van der Waals surface area contributed by atoms with Gasteiger partial charge in [-0.3, -0.25) is 4.68 Å². The van der Waals surface area contributed by atoms with Gasteiger partial charge in [0.15, 0.2) is 0 Å². The van der Waals surface area contributed by atoms with Gasteiger partial charge in [-0.05, 0) is 31.9 Å². The highest BCUT2D eigenvalue weighted by atomic mass is 16.3. The number of nitrogens with one attached hydrogen (secondary N) is 1. The van der Waals surface area contributed by atoms with Gasteiger partial charge in [0.05, 0.1) is 0 Å². The summed E-state index contributed by atoms with van der Waals surface area (Å²) in [6, 6.07) is 1.94. The molecule has 0 aromatic carbocycles. The predicted octanol–water partition coefficient (Wildman–Crippen LogP) is 1.66. The summed E-state index contributed by atoms with van der Waals surface area (Å²) in [6.07, 6.45) is 6.89. The molecule has 4 nitrogen and oxygen atoms in total. The number of hydrogen-bond acceptors (Lipinski definition) is 3. The molecule has 0 spiro atoms. The van der Waals surface area contributed by atoms with Gasteiger partial charge in [0.1, 0.15) is 0 Å². The molecule has 1 aromatic heterocycles. The smallest absolute Gasteiger partial charge is 0.0499 e. The zero-order chi connectivity index (χ0) is 12.6. The number of nitrogens with zero attached hydrogens (tertiary/aromatic N) is 2. The standard InChI is InChI=1S/C13H25N3O/c1-3-13(4-2,12-17)11-14-7-5-9-16-10-6-8-15-16/h6,8,10,14,17H,3-5,7,9,11-12H2,1-2H3. The van der Waals surface area contributed by atoms with Gasteiger partial charge in [0.2, 0.25) is 0 Å². The van der Waals surface area contributed by atoms with Gasteiger partial charge >= 0.3 is 0 Å². The van der Waals surface area contributed by atoms with Crippen LogP contribution in [-0.4, -0.2) is 34.6 Å². The van der Waals surface area contributed by atoms with Gasteiger partial charge in [0.25, 0.3) is 0 Å². The summed E-state index contributed by atoms with van der Waals surface area (Å²) in [7, 11) is 0. The average Bonchev–Trinajstić information content (AvgIpc) is 2.88. The number of aliphatic hydroxyl groups is 1. The van der Waals surface area contributed by atoms with Crippen LogP contribution in [0.1, 0.15) is 33.1 Å². The van der Waals surface area contributed by atoms with E-state index in [9.17, 15) is 5.11 Å². The molecule has 1 rings (SSSR count). The lowest BCUT2D eigenvalue weighted by Gasteiger charge is -2.29. The summed E-state index contributed by atoms with van der Waals surface area (Å²) >= 11 is 0. The molecule has 4 heteroatoms. The highest BCUT2D eigenvalue weighted by Crippen LogP contribution is 2.24. The zero-order valence-corrected chi connectivity index (χ0v) is 11.0. The number of aromatic nitrogens is 2. The Morgan fingerprint density at radius 2 is 2.12 bits per heavy atom. The molecule has 0 atom stereocenters. The van der Waals surface area contributed by atoms with E-state index in [0.717, 1.165) is 38.9 Å². The van der Waals surface area contributed by atoms with Gasteiger partial charge in [-0.25, -0.2) is 0 Å². The molecule has 0 unspecified atom stereocenters. The van der Waals surface area contributed by atoms with Crippen LogP contribution in [0.3, 0.4) is 0 Å². The largest absolute Gasteiger partial charge is 0.396 e. The fourth-order valence-electron chi connectivity index (χ4n) is 1.93. The summed E-state index contributed by atoms with van der Waals surface area (Å²) in [5.41, 5.74) is 0.0612. The second kappa shape index (κ2) is 7.45. The Morgan fingerprint density at radius 1 is 1.35 bits per heavy atom. The van der Waals surface area contributed by atoms with E-state index in [1.165, 1.54) is 0 Å². The van der Waals surface area contributed by atoms with Crippen LogP contribution in [0.2, 0.25) is 0 Å². The first-order valence-electron chi connectivity index (χ1n) is 6.55. The van der Waals surface area contributed by atoms with Crippen molar-refractivity contribution in [2.24, 2.45) is 5.41 Å². The third-order valence-electron chi connectivity index (χ3n) is 3.64. The van der Waals surface area contributed by atoms with Gasteiger partial charge in [-0.15, -0.1) is 0 Å². The van der Waals surface area contributed by atoms with Crippen molar-refractivity contribution in [1.82, 2.24) is 15.1 Å². The van der Waals surface area contributed by atoms with Crippen molar-refractivity contribution in [1.29, 1.82) is 0 Å². The molecule has 0 fully saturated rings. The molecule has 0 saturated carbocycles. The number of hydrogen-bond donors (Lipinski definition) is 2. The highest BCUT2D eigenvalue weighted by Gasteiger charge is 2.24. The lowest BCUT2D eigenvalue weighted by molar-refractivity contribution is 0.113. The van der Waals surface area contributed by atoms with Gasteiger partial charge in [-0.2, -0.15) is 5.10 Å². The summed E-state index contributed by atoms with van der Waals surface area (Å²) in [5, 5.41) is 17.0. The lowest BCUT2D eigenvalue weighted by Crippen LogP contribution is -2.37. The molecule has 0 aliphatic carbocycles. The fraction of sp³-hybridized carbons (Fsp3) is 0.769. The van der Waals surface area contributed by atoms with E-state index in [1.54, 1.807) is 6.20 Å². The maximum atomic E-state index is 9.43. The molecule has 17 heavy (non-hydrogen) atoms. The molecular weight excluding hydrogens is 214 g/mol. The maximum absolute atomic E-state index is 9.43. The molecule has 2 N–H and O–H groups in total. The first kappa shape index (κ1) is 14.2. The molecular formula is C13H25N3O. The third kappa shape index (κ3) is 4.48. The van der Waals surface area contributed by atoms with E-state index >= 15 is 0 Å². The highest BCUT2D eigenvalue weighted by molar-refractivity contribution is 4.79. The normalized spacial score (nSPS) is 11.9.